The molecule has 226 valence electrons. The molecule has 0 aliphatic carbocycles. The van der Waals surface area contributed by atoms with Crippen LogP contribution >= 0.6 is 0 Å². The van der Waals surface area contributed by atoms with Gasteiger partial charge in [-0.3, -0.25) is 0 Å². The number of benzene rings is 4. The highest BCUT2D eigenvalue weighted by Gasteiger charge is 2.24. The van der Waals surface area contributed by atoms with Crippen LogP contribution in [0.25, 0.3) is 66.7 Å². The smallest absolute Gasteiger partial charge is 0.219 e. The van der Waals surface area contributed by atoms with Crippen molar-refractivity contribution in [1.82, 2.24) is 15.0 Å². The Bertz CT molecular complexity index is 2300. The fraction of sp³-hybridized carbons (Fsp3) is 0.190. The molecular weight excluding hydrogens is 562 g/mol. The van der Waals surface area contributed by atoms with Crippen molar-refractivity contribution in [2.75, 3.05) is 0 Å². The molecule has 1 aliphatic rings. The van der Waals surface area contributed by atoms with Crippen LogP contribution in [0, 0.1) is 0 Å². The van der Waals surface area contributed by atoms with Crippen molar-refractivity contribution in [3.63, 3.8) is 0 Å². The minimum absolute atomic E-state index is 0.0626. The van der Waals surface area contributed by atoms with Gasteiger partial charge in [0.15, 0.2) is 0 Å². The molecule has 0 fully saturated rings. The summed E-state index contributed by atoms with van der Waals surface area (Å²) in [5.74, 6) is 1.27. The molecule has 0 saturated carbocycles. The van der Waals surface area contributed by atoms with Gasteiger partial charge in [-0.25, -0.2) is 9.97 Å². The molecule has 0 amide bonds. The molecule has 0 saturated heterocycles. The molecule has 3 aromatic heterocycles. The third kappa shape index (κ3) is 4.85. The Morgan fingerprint density at radius 3 is 1.78 bits per heavy atom. The average Bonchev–Trinajstić information content (AvgIpc) is 3.42. The van der Waals surface area contributed by atoms with E-state index in [1.807, 2.05) is 24.3 Å². The van der Waals surface area contributed by atoms with Crippen LogP contribution in [0.3, 0.4) is 0 Å². The van der Waals surface area contributed by atoms with E-state index in [4.69, 9.17) is 14.7 Å². The van der Waals surface area contributed by atoms with Gasteiger partial charge < -0.3 is 9.72 Å². The quantitative estimate of drug-likeness (QED) is 0.204. The molecule has 4 heteroatoms. The van der Waals surface area contributed by atoms with E-state index in [1.54, 1.807) is 0 Å². The van der Waals surface area contributed by atoms with Crippen LogP contribution in [0.4, 0.5) is 0 Å². The molecule has 0 radical (unpaired) electrons. The van der Waals surface area contributed by atoms with Crippen LogP contribution in [0.5, 0.6) is 11.6 Å². The summed E-state index contributed by atoms with van der Waals surface area (Å²) in [6.45, 7) is 13.7. The van der Waals surface area contributed by atoms with Crippen LogP contribution in [-0.2, 0) is 10.8 Å². The Balaban J connectivity index is 1.56. The van der Waals surface area contributed by atoms with E-state index in [1.165, 1.54) is 21.9 Å². The number of rotatable bonds is 1. The third-order valence-electron chi connectivity index (χ3n) is 9.11. The number of nitrogens with one attached hydrogen (secondary N) is 1. The molecule has 7 aromatic rings. The fourth-order valence-electron chi connectivity index (χ4n) is 6.45. The van der Waals surface area contributed by atoms with Gasteiger partial charge in [-0.05, 0) is 87.7 Å². The maximum absolute atomic E-state index is 6.41. The van der Waals surface area contributed by atoms with Gasteiger partial charge in [0.2, 0.25) is 5.88 Å². The fourth-order valence-corrected chi connectivity index (χ4v) is 6.45. The van der Waals surface area contributed by atoms with Gasteiger partial charge in [0.05, 0.1) is 28.1 Å². The van der Waals surface area contributed by atoms with Crippen LogP contribution in [0.1, 0.15) is 52.7 Å². The molecule has 4 aromatic carbocycles. The number of aromatic nitrogens is 3. The van der Waals surface area contributed by atoms with Gasteiger partial charge in [0, 0.05) is 33.5 Å². The van der Waals surface area contributed by atoms with E-state index in [2.05, 4.69) is 131 Å². The van der Waals surface area contributed by atoms with E-state index in [0.717, 1.165) is 61.7 Å². The lowest BCUT2D eigenvalue weighted by molar-refractivity contribution is 0.464. The maximum Gasteiger partial charge on any atom is 0.219 e. The molecule has 4 heterocycles. The van der Waals surface area contributed by atoms with Crippen molar-refractivity contribution in [3.05, 3.63) is 120 Å². The van der Waals surface area contributed by atoms with Gasteiger partial charge in [-0.1, -0.05) is 90.1 Å². The van der Waals surface area contributed by atoms with Crippen molar-refractivity contribution in [2.45, 2.75) is 52.4 Å². The normalized spacial score (nSPS) is 12.7. The highest BCUT2D eigenvalue weighted by molar-refractivity contribution is 6.15. The standard InChI is InChI=1S/C42H37N3O/c1-41(2,3)28-21-31-32-22-29(42(4,5)6)24-34-37-20-27(25-12-8-7-9-13-25)19-36(43-37)26-14-10-15-30(18-26)46-38-17-11-16-35(44-38)33(23-28)39(31)45-40(32)34/h7-24,45H,1-6H3. The summed E-state index contributed by atoms with van der Waals surface area (Å²) in [7, 11) is 0. The maximum atomic E-state index is 6.41. The first kappa shape index (κ1) is 28.3. The van der Waals surface area contributed by atoms with Gasteiger partial charge in [-0.2, -0.15) is 0 Å². The number of aromatic amines is 1. The highest BCUT2D eigenvalue weighted by atomic mass is 16.5. The second-order valence-corrected chi connectivity index (χ2v) is 14.5. The number of ether oxygens (including phenoxy) is 1. The Labute approximate surface area is 270 Å². The van der Waals surface area contributed by atoms with Crippen LogP contribution < -0.4 is 4.74 Å². The summed E-state index contributed by atoms with van der Waals surface area (Å²) in [5, 5.41) is 2.38. The van der Waals surface area contributed by atoms with Gasteiger partial charge in [0.25, 0.3) is 0 Å². The number of hydrogen-bond donors (Lipinski definition) is 1. The highest BCUT2D eigenvalue weighted by Crippen LogP contribution is 2.43. The molecule has 1 N–H and O–H groups in total. The second kappa shape index (κ2) is 10.1. The monoisotopic (exact) mass is 599 g/mol. The Hall–Kier alpha value is -5.22. The zero-order valence-electron chi connectivity index (χ0n) is 27.2. The number of H-pyrrole nitrogens is 1. The second-order valence-electron chi connectivity index (χ2n) is 14.5. The van der Waals surface area contributed by atoms with Crippen molar-refractivity contribution in [1.29, 1.82) is 0 Å². The van der Waals surface area contributed by atoms with E-state index >= 15 is 0 Å². The average molecular weight is 600 g/mol. The molecule has 1 aliphatic heterocycles. The van der Waals surface area contributed by atoms with E-state index in [-0.39, 0.29) is 10.8 Å². The first-order chi connectivity index (χ1) is 22.0. The molecule has 8 bridgehead atoms. The molecule has 0 unspecified atom stereocenters. The summed E-state index contributed by atoms with van der Waals surface area (Å²) in [6.07, 6.45) is 0. The van der Waals surface area contributed by atoms with E-state index < -0.39 is 0 Å². The lowest BCUT2D eigenvalue weighted by atomic mass is 9.83. The summed E-state index contributed by atoms with van der Waals surface area (Å²) >= 11 is 0. The molecule has 0 spiro atoms. The van der Waals surface area contributed by atoms with Crippen LogP contribution in [0.15, 0.2) is 109 Å². The SMILES string of the molecule is CC(C)(C)c1cc2c3[nH]c4c(cc(C(C)(C)C)cc4c3c1)-c1cc(-c3ccccc3)cc(n1)-c1cccc(c1)Oc1cccc-2n1. The third-order valence-corrected chi connectivity index (χ3v) is 9.11. The van der Waals surface area contributed by atoms with Crippen molar-refractivity contribution < 1.29 is 4.74 Å². The molecule has 0 atom stereocenters. The van der Waals surface area contributed by atoms with Gasteiger partial charge in [0.1, 0.15) is 5.75 Å². The van der Waals surface area contributed by atoms with E-state index in [0.29, 0.717) is 5.88 Å². The summed E-state index contributed by atoms with van der Waals surface area (Å²) in [6, 6.07) is 38.5. The first-order valence-electron chi connectivity index (χ1n) is 16.0. The van der Waals surface area contributed by atoms with Gasteiger partial charge >= 0.3 is 0 Å². The van der Waals surface area contributed by atoms with E-state index in [9.17, 15) is 0 Å². The predicted molar refractivity (Wildman–Crippen MR) is 191 cm³/mol. The zero-order valence-corrected chi connectivity index (χ0v) is 27.2. The molecule has 8 rings (SSSR count). The number of fused-ring (bicyclic) bond motifs is 10. The molecular formula is C42H37N3O. The number of nitrogens with zero attached hydrogens (tertiary/aromatic N) is 2. The number of hydrogen-bond acceptors (Lipinski definition) is 3. The largest absolute Gasteiger partial charge is 0.439 e. The summed E-state index contributed by atoms with van der Waals surface area (Å²) in [5.41, 5.74) is 12.6. The summed E-state index contributed by atoms with van der Waals surface area (Å²) < 4.78 is 6.41. The van der Waals surface area contributed by atoms with Crippen molar-refractivity contribution in [2.24, 2.45) is 0 Å². The minimum atomic E-state index is -0.0702. The zero-order chi connectivity index (χ0) is 31.8. The molecule has 46 heavy (non-hydrogen) atoms. The predicted octanol–water partition coefficient (Wildman–Crippen LogP) is 11.5. The van der Waals surface area contributed by atoms with Crippen LogP contribution in [-0.4, -0.2) is 15.0 Å². The van der Waals surface area contributed by atoms with Crippen molar-refractivity contribution >= 4 is 21.8 Å². The van der Waals surface area contributed by atoms with Gasteiger partial charge in [-0.15, -0.1) is 0 Å². The minimum Gasteiger partial charge on any atom is -0.439 e. The Morgan fingerprint density at radius 2 is 1.11 bits per heavy atom. The summed E-state index contributed by atoms with van der Waals surface area (Å²) in [4.78, 5) is 14.3. The van der Waals surface area contributed by atoms with Crippen molar-refractivity contribution in [3.8, 4) is 56.5 Å². The first-order valence-corrected chi connectivity index (χ1v) is 16.0. The molecule has 4 nitrogen and oxygen atoms in total. The lowest BCUT2D eigenvalue weighted by Gasteiger charge is -2.22. The lowest BCUT2D eigenvalue weighted by Crippen LogP contribution is -2.11. The van der Waals surface area contributed by atoms with Crippen LogP contribution in [0.2, 0.25) is 0 Å². The Morgan fingerprint density at radius 1 is 0.500 bits per heavy atom. The Kier molecular flexibility index (Phi) is 6.24. The number of pyridine rings is 2. The topological polar surface area (TPSA) is 50.8 Å².